The van der Waals surface area contributed by atoms with Gasteiger partial charge in [0.15, 0.2) is 0 Å². The molecule has 1 fully saturated rings. The Labute approximate surface area is 160 Å². The van der Waals surface area contributed by atoms with Gasteiger partial charge in [0, 0.05) is 18.7 Å². The molecule has 0 aliphatic carbocycles. The Morgan fingerprint density at radius 1 is 1.22 bits per heavy atom. The van der Waals surface area contributed by atoms with Crippen LogP contribution >= 0.6 is 0 Å². The molecule has 6 heteroatoms. The van der Waals surface area contributed by atoms with Crippen LogP contribution in [0.25, 0.3) is 0 Å². The summed E-state index contributed by atoms with van der Waals surface area (Å²) in [4.78, 5) is 25.3. The number of hydrogen-bond acceptors (Lipinski definition) is 4. The number of piperidine rings is 1. The van der Waals surface area contributed by atoms with E-state index in [1.165, 1.54) is 12.1 Å². The molecule has 0 spiro atoms. The van der Waals surface area contributed by atoms with Gasteiger partial charge in [-0.2, -0.15) is 0 Å². The summed E-state index contributed by atoms with van der Waals surface area (Å²) in [7, 11) is 0. The zero-order valence-corrected chi connectivity index (χ0v) is 16.7. The third-order valence-electron chi connectivity index (χ3n) is 4.79. The number of carbonyl (C=O) groups excluding carboxylic acids is 2. The lowest BCUT2D eigenvalue weighted by molar-refractivity contribution is -0.149. The molecule has 0 unspecified atom stereocenters. The van der Waals surface area contributed by atoms with Crippen molar-refractivity contribution in [3.8, 4) is 5.75 Å². The van der Waals surface area contributed by atoms with Crippen LogP contribution in [-0.2, 0) is 19.7 Å². The number of esters is 1. The predicted octanol–water partition coefficient (Wildman–Crippen LogP) is 3.69. The van der Waals surface area contributed by atoms with Gasteiger partial charge in [0.05, 0.1) is 13.2 Å². The molecule has 1 heterocycles. The summed E-state index contributed by atoms with van der Waals surface area (Å²) in [6, 6.07) is 4.64. The van der Waals surface area contributed by atoms with E-state index in [1.54, 1.807) is 17.9 Å². The van der Waals surface area contributed by atoms with Crippen molar-refractivity contribution in [3.05, 3.63) is 29.6 Å². The molecular formula is C21H30FNO4. The number of hydrogen-bond donors (Lipinski definition) is 0. The first-order chi connectivity index (χ1) is 12.7. The van der Waals surface area contributed by atoms with E-state index in [0.29, 0.717) is 31.4 Å². The summed E-state index contributed by atoms with van der Waals surface area (Å²) in [5.41, 5.74) is 0.643. The molecule has 1 aliphatic rings. The van der Waals surface area contributed by atoms with Crippen molar-refractivity contribution in [1.82, 2.24) is 4.90 Å². The molecule has 5 nitrogen and oxygen atoms in total. The van der Waals surface area contributed by atoms with Gasteiger partial charge in [-0.15, -0.1) is 0 Å². The van der Waals surface area contributed by atoms with Crippen LogP contribution in [0.15, 0.2) is 18.2 Å². The summed E-state index contributed by atoms with van der Waals surface area (Å²) in [6.07, 6.45) is 1.45. The van der Waals surface area contributed by atoms with Gasteiger partial charge in [-0.1, -0.05) is 20.8 Å². The first-order valence-corrected chi connectivity index (χ1v) is 9.57. The number of halogens is 1. The zero-order chi connectivity index (χ0) is 20.0. The standard InChI is InChI=1S/C21H30FNO4/c1-5-26-20(25)13-19(24)23-10-8-15(9-11-23)14-27-18-7-6-16(22)12-17(18)21(2,3)4/h6-7,12,15H,5,8-11,13-14H2,1-4H3. The molecule has 0 aromatic heterocycles. The lowest BCUT2D eigenvalue weighted by Gasteiger charge is -2.32. The normalized spacial score (nSPS) is 15.5. The van der Waals surface area contributed by atoms with Crippen LogP contribution in [0.4, 0.5) is 4.39 Å². The molecule has 1 aromatic rings. The smallest absolute Gasteiger partial charge is 0.315 e. The van der Waals surface area contributed by atoms with Gasteiger partial charge in [0.2, 0.25) is 5.91 Å². The van der Waals surface area contributed by atoms with Crippen molar-refractivity contribution in [1.29, 1.82) is 0 Å². The van der Waals surface area contributed by atoms with Crippen LogP contribution in [0.1, 0.15) is 52.5 Å². The number of likely N-dealkylation sites (tertiary alicyclic amines) is 1. The summed E-state index contributed by atoms with van der Waals surface area (Å²) >= 11 is 0. The molecule has 150 valence electrons. The third-order valence-corrected chi connectivity index (χ3v) is 4.79. The van der Waals surface area contributed by atoms with E-state index in [4.69, 9.17) is 9.47 Å². The minimum atomic E-state index is -0.473. The lowest BCUT2D eigenvalue weighted by atomic mass is 9.86. The highest BCUT2D eigenvalue weighted by Gasteiger charge is 2.26. The Balaban J connectivity index is 1.85. The van der Waals surface area contributed by atoms with E-state index in [-0.39, 0.29) is 30.2 Å². The fraction of sp³-hybridized carbons (Fsp3) is 0.619. The number of benzene rings is 1. The van der Waals surface area contributed by atoms with Crippen molar-refractivity contribution in [2.75, 3.05) is 26.3 Å². The maximum Gasteiger partial charge on any atom is 0.315 e. The molecule has 2 rings (SSSR count). The third kappa shape index (κ3) is 6.22. The lowest BCUT2D eigenvalue weighted by Crippen LogP contribution is -2.40. The molecule has 0 bridgehead atoms. The summed E-state index contributed by atoms with van der Waals surface area (Å²) in [5, 5.41) is 0. The topological polar surface area (TPSA) is 55.8 Å². The Morgan fingerprint density at radius 2 is 1.89 bits per heavy atom. The minimum Gasteiger partial charge on any atom is -0.493 e. The van der Waals surface area contributed by atoms with Gasteiger partial charge in [0.1, 0.15) is 18.0 Å². The average molecular weight is 379 g/mol. The van der Waals surface area contributed by atoms with Crippen LogP contribution in [0.5, 0.6) is 5.75 Å². The van der Waals surface area contributed by atoms with Gasteiger partial charge >= 0.3 is 5.97 Å². The van der Waals surface area contributed by atoms with Gasteiger partial charge < -0.3 is 14.4 Å². The first-order valence-electron chi connectivity index (χ1n) is 9.57. The maximum absolute atomic E-state index is 13.6. The summed E-state index contributed by atoms with van der Waals surface area (Å²) in [5.74, 6) is 0.125. The monoisotopic (exact) mass is 379 g/mol. The van der Waals surface area contributed by atoms with Crippen molar-refractivity contribution >= 4 is 11.9 Å². The highest BCUT2D eigenvalue weighted by molar-refractivity contribution is 5.94. The molecule has 1 amide bonds. The molecule has 0 saturated carbocycles. The molecule has 1 aliphatic heterocycles. The molecule has 0 radical (unpaired) electrons. The van der Waals surface area contributed by atoms with Crippen molar-refractivity contribution in [2.24, 2.45) is 5.92 Å². The van der Waals surface area contributed by atoms with E-state index in [1.807, 2.05) is 20.8 Å². The largest absolute Gasteiger partial charge is 0.493 e. The Bertz CT molecular complexity index is 661. The SMILES string of the molecule is CCOC(=O)CC(=O)N1CCC(COc2ccc(F)cc2C(C)(C)C)CC1. The van der Waals surface area contributed by atoms with E-state index in [9.17, 15) is 14.0 Å². The summed E-state index contributed by atoms with van der Waals surface area (Å²) < 4.78 is 24.4. The van der Waals surface area contributed by atoms with Crippen LogP contribution in [0.3, 0.4) is 0 Å². The van der Waals surface area contributed by atoms with E-state index >= 15 is 0 Å². The number of amides is 1. The predicted molar refractivity (Wildman–Crippen MR) is 101 cm³/mol. The van der Waals surface area contributed by atoms with Crippen molar-refractivity contribution in [2.45, 2.75) is 52.4 Å². The quantitative estimate of drug-likeness (QED) is 0.559. The van der Waals surface area contributed by atoms with E-state index < -0.39 is 5.97 Å². The fourth-order valence-electron chi connectivity index (χ4n) is 3.22. The van der Waals surface area contributed by atoms with Crippen LogP contribution < -0.4 is 4.74 Å². The second-order valence-electron chi connectivity index (χ2n) is 8.01. The van der Waals surface area contributed by atoms with Crippen molar-refractivity contribution in [3.63, 3.8) is 0 Å². The Kier molecular flexibility index (Phi) is 7.22. The van der Waals surface area contributed by atoms with Crippen LogP contribution in [0, 0.1) is 11.7 Å². The molecule has 0 atom stereocenters. The molecule has 1 saturated heterocycles. The number of nitrogens with zero attached hydrogens (tertiary/aromatic N) is 1. The number of ether oxygens (including phenoxy) is 2. The highest BCUT2D eigenvalue weighted by atomic mass is 19.1. The van der Waals surface area contributed by atoms with E-state index in [2.05, 4.69) is 0 Å². The number of carbonyl (C=O) groups is 2. The second kappa shape index (κ2) is 9.20. The Hall–Kier alpha value is -2.11. The molecule has 27 heavy (non-hydrogen) atoms. The molecule has 1 aromatic carbocycles. The van der Waals surface area contributed by atoms with Gasteiger partial charge in [-0.05, 0) is 49.3 Å². The number of rotatable bonds is 6. The van der Waals surface area contributed by atoms with Gasteiger partial charge in [-0.3, -0.25) is 9.59 Å². The molecular weight excluding hydrogens is 349 g/mol. The van der Waals surface area contributed by atoms with Crippen molar-refractivity contribution < 1.29 is 23.5 Å². The van der Waals surface area contributed by atoms with Gasteiger partial charge in [0.25, 0.3) is 0 Å². The zero-order valence-electron chi connectivity index (χ0n) is 16.7. The first kappa shape index (κ1) is 21.2. The summed E-state index contributed by atoms with van der Waals surface area (Å²) in [6.45, 7) is 9.86. The Morgan fingerprint density at radius 3 is 2.48 bits per heavy atom. The second-order valence-corrected chi connectivity index (χ2v) is 8.01. The van der Waals surface area contributed by atoms with E-state index in [0.717, 1.165) is 18.4 Å². The fourth-order valence-corrected chi connectivity index (χ4v) is 3.22. The minimum absolute atomic E-state index is 0.179. The molecule has 0 N–H and O–H groups in total. The van der Waals surface area contributed by atoms with Gasteiger partial charge in [-0.25, -0.2) is 4.39 Å². The highest BCUT2D eigenvalue weighted by Crippen LogP contribution is 2.32. The average Bonchev–Trinajstić information content (AvgIpc) is 2.60. The maximum atomic E-state index is 13.6. The van der Waals surface area contributed by atoms with Crippen LogP contribution in [0.2, 0.25) is 0 Å². The van der Waals surface area contributed by atoms with Crippen LogP contribution in [-0.4, -0.2) is 43.1 Å².